The summed E-state index contributed by atoms with van der Waals surface area (Å²) < 4.78 is 37.0. The molecule has 2 rings (SSSR count). The molecular formula is C17H16ClN3O5S. The third kappa shape index (κ3) is 4.89. The van der Waals surface area contributed by atoms with E-state index < -0.39 is 22.5 Å². The zero-order chi connectivity index (χ0) is 20.0. The molecule has 0 spiro atoms. The van der Waals surface area contributed by atoms with E-state index in [1.807, 2.05) is 0 Å². The van der Waals surface area contributed by atoms with Crippen LogP contribution in [-0.4, -0.2) is 35.1 Å². The highest BCUT2D eigenvalue weighted by atomic mass is 35.5. The van der Waals surface area contributed by atoms with Crippen molar-refractivity contribution in [2.45, 2.75) is 4.90 Å². The lowest BCUT2D eigenvalue weighted by Gasteiger charge is -2.13. The number of carbonyl (C=O) groups excluding carboxylic acids is 1. The molecule has 0 aliphatic carbocycles. The van der Waals surface area contributed by atoms with Crippen molar-refractivity contribution in [3.63, 3.8) is 0 Å². The first-order valence-corrected chi connectivity index (χ1v) is 9.38. The van der Waals surface area contributed by atoms with Gasteiger partial charge in [-0.25, -0.2) is 13.1 Å². The van der Waals surface area contributed by atoms with Gasteiger partial charge >= 0.3 is 0 Å². The number of methoxy groups -OCH3 is 2. The van der Waals surface area contributed by atoms with Crippen LogP contribution >= 0.6 is 11.6 Å². The van der Waals surface area contributed by atoms with E-state index in [1.54, 1.807) is 12.1 Å². The summed E-state index contributed by atoms with van der Waals surface area (Å²) in [6.07, 6.45) is 0. The summed E-state index contributed by atoms with van der Waals surface area (Å²) in [7, 11) is -1.22. The van der Waals surface area contributed by atoms with Crippen molar-refractivity contribution in [3.05, 3.63) is 47.0 Å². The number of sulfonamides is 1. The highest BCUT2D eigenvalue weighted by Gasteiger charge is 2.20. The Morgan fingerprint density at radius 3 is 2.48 bits per heavy atom. The largest absolute Gasteiger partial charge is 0.495 e. The Balaban J connectivity index is 2.14. The highest BCUT2D eigenvalue weighted by molar-refractivity contribution is 7.89. The number of benzene rings is 2. The summed E-state index contributed by atoms with van der Waals surface area (Å²) >= 11 is 6.00. The first-order valence-electron chi connectivity index (χ1n) is 7.52. The first-order chi connectivity index (χ1) is 12.8. The van der Waals surface area contributed by atoms with E-state index in [0.29, 0.717) is 10.8 Å². The maximum Gasteiger partial charge on any atom is 0.242 e. The van der Waals surface area contributed by atoms with Crippen LogP contribution in [-0.2, 0) is 14.8 Å². The van der Waals surface area contributed by atoms with Crippen molar-refractivity contribution in [1.82, 2.24) is 4.72 Å². The maximum atomic E-state index is 12.3. The molecule has 2 aromatic carbocycles. The van der Waals surface area contributed by atoms with E-state index in [9.17, 15) is 13.2 Å². The molecule has 0 bridgehead atoms. The molecule has 0 aliphatic rings. The van der Waals surface area contributed by atoms with Gasteiger partial charge in [-0.15, -0.1) is 0 Å². The number of hydrogen-bond acceptors (Lipinski definition) is 6. The van der Waals surface area contributed by atoms with Crippen molar-refractivity contribution in [2.75, 3.05) is 26.1 Å². The Morgan fingerprint density at radius 1 is 1.19 bits per heavy atom. The fraction of sp³-hybridized carbons (Fsp3) is 0.176. The monoisotopic (exact) mass is 409 g/mol. The molecule has 0 atom stereocenters. The fourth-order valence-corrected chi connectivity index (χ4v) is 3.55. The molecule has 27 heavy (non-hydrogen) atoms. The zero-order valence-corrected chi connectivity index (χ0v) is 16.0. The summed E-state index contributed by atoms with van der Waals surface area (Å²) in [4.78, 5) is 12.0. The molecule has 142 valence electrons. The predicted octanol–water partition coefficient (Wildman–Crippen LogP) is 2.15. The lowest BCUT2D eigenvalue weighted by molar-refractivity contribution is -0.115. The van der Waals surface area contributed by atoms with Gasteiger partial charge in [0.1, 0.15) is 17.6 Å². The first kappa shape index (κ1) is 20.5. The smallest absolute Gasteiger partial charge is 0.242 e. The van der Waals surface area contributed by atoms with Gasteiger partial charge < -0.3 is 14.8 Å². The number of anilines is 1. The van der Waals surface area contributed by atoms with E-state index in [-0.39, 0.29) is 21.9 Å². The molecule has 0 saturated heterocycles. The Kier molecular flexibility index (Phi) is 6.63. The second-order valence-electron chi connectivity index (χ2n) is 5.17. The van der Waals surface area contributed by atoms with Crippen LogP contribution in [0.1, 0.15) is 5.56 Å². The van der Waals surface area contributed by atoms with E-state index >= 15 is 0 Å². The van der Waals surface area contributed by atoms with Crippen molar-refractivity contribution >= 4 is 33.2 Å². The van der Waals surface area contributed by atoms with E-state index in [4.69, 9.17) is 26.3 Å². The van der Waals surface area contributed by atoms with E-state index in [1.165, 1.54) is 44.6 Å². The molecule has 2 aromatic rings. The lowest BCUT2D eigenvalue weighted by Crippen LogP contribution is -2.33. The summed E-state index contributed by atoms with van der Waals surface area (Å²) in [5.41, 5.74) is 0.245. The van der Waals surface area contributed by atoms with Gasteiger partial charge in [0.15, 0.2) is 0 Å². The van der Waals surface area contributed by atoms with Gasteiger partial charge in [0.2, 0.25) is 15.9 Å². The number of rotatable bonds is 7. The SMILES string of the molecule is COc1cc(NC(=O)CNS(=O)(=O)c2ccccc2C#N)c(OC)cc1Cl. The third-order valence-electron chi connectivity index (χ3n) is 3.47. The van der Waals surface area contributed by atoms with Crippen LogP contribution in [0.15, 0.2) is 41.3 Å². The van der Waals surface area contributed by atoms with E-state index in [2.05, 4.69) is 10.0 Å². The molecule has 0 radical (unpaired) electrons. The normalized spacial score (nSPS) is 10.7. The minimum Gasteiger partial charge on any atom is -0.495 e. The summed E-state index contributed by atoms with van der Waals surface area (Å²) in [6.45, 7) is -0.545. The molecule has 0 aliphatic heterocycles. The van der Waals surface area contributed by atoms with Crippen LogP contribution in [0, 0.1) is 11.3 Å². The Morgan fingerprint density at radius 2 is 1.85 bits per heavy atom. The Hall–Kier alpha value is -2.80. The topological polar surface area (TPSA) is 118 Å². The fourth-order valence-electron chi connectivity index (χ4n) is 2.18. The Bertz CT molecular complexity index is 1000. The number of carbonyl (C=O) groups is 1. The van der Waals surface area contributed by atoms with Crippen LogP contribution in [0.5, 0.6) is 11.5 Å². The van der Waals surface area contributed by atoms with Crippen molar-refractivity contribution in [3.8, 4) is 17.6 Å². The van der Waals surface area contributed by atoms with Crippen LogP contribution in [0.2, 0.25) is 5.02 Å². The quantitative estimate of drug-likeness (QED) is 0.723. The molecule has 8 nitrogen and oxygen atoms in total. The second-order valence-corrected chi connectivity index (χ2v) is 7.31. The molecule has 10 heteroatoms. The second kappa shape index (κ2) is 8.73. The van der Waals surface area contributed by atoms with Gasteiger partial charge in [0.25, 0.3) is 0 Å². The molecule has 0 heterocycles. The highest BCUT2D eigenvalue weighted by Crippen LogP contribution is 2.35. The summed E-state index contributed by atoms with van der Waals surface area (Å²) in [6, 6.07) is 10.4. The number of nitriles is 1. The summed E-state index contributed by atoms with van der Waals surface area (Å²) in [5, 5.41) is 11.8. The van der Waals surface area contributed by atoms with Crippen LogP contribution in [0.4, 0.5) is 5.69 Å². The van der Waals surface area contributed by atoms with Crippen molar-refractivity contribution < 1.29 is 22.7 Å². The lowest BCUT2D eigenvalue weighted by atomic mass is 10.2. The van der Waals surface area contributed by atoms with Gasteiger partial charge in [0, 0.05) is 12.1 Å². The van der Waals surface area contributed by atoms with Crippen LogP contribution in [0.25, 0.3) is 0 Å². The summed E-state index contributed by atoms with van der Waals surface area (Å²) in [5.74, 6) is -0.0428. The number of hydrogen-bond donors (Lipinski definition) is 2. The van der Waals surface area contributed by atoms with Gasteiger partial charge in [-0.2, -0.15) is 5.26 Å². The van der Waals surface area contributed by atoms with Crippen LogP contribution in [0.3, 0.4) is 0 Å². The van der Waals surface area contributed by atoms with Gasteiger partial charge in [0.05, 0.1) is 41.9 Å². The van der Waals surface area contributed by atoms with Gasteiger partial charge in [-0.3, -0.25) is 4.79 Å². The minimum absolute atomic E-state index is 0.0190. The minimum atomic E-state index is -4.04. The number of amides is 1. The number of nitrogens with zero attached hydrogens (tertiary/aromatic N) is 1. The van der Waals surface area contributed by atoms with Gasteiger partial charge in [-0.05, 0) is 12.1 Å². The molecule has 0 aromatic heterocycles. The average molecular weight is 410 g/mol. The number of ether oxygens (including phenoxy) is 2. The van der Waals surface area contributed by atoms with Crippen molar-refractivity contribution in [2.24, 2.45) is 0 Å². The van der Waals surface area contributed by atoms with Gasteiger partial charge in [-0.1, -0.05) is 23.7 Å². The van der Waals surface area contributed by atoms with Crippen LogP contribution < -0.4 is 19.5 Å². The molecule has 0 fully saturated rings. The average Bonchev–Trinajstić information content (AvgIpc) is 2.67. The number of nitrogens with one attached hydrogen (secondary N) is 2. The standard InChI is InChI=1S/C17H16ClN3O5S/c1-25-14-8-13(15(26-2)7-12(14)18)21-17(22)10-20-27(23,24)16-6-4-3-5-11(16)9-19/h3-8,20H,10H2,1-2H3,(H,21,22). The predicted molar refractivity (Wildman–Crippen MR) is 99.5 cm³/mol. The molecular weight excluding hydrogens is 394 g/mol. The van der Waals surface area contributed by atoms with E-state index in [0.717, 1.165) is 0 Å². The molecule has 1 amide bonds. The number of halogens is 1. The maximum absolute atomic E-state index is 12.3. The Labute approximate surface area is 161 Å². The zero-order valence-electron chi connectivity index (χ0n) is 14.4. The molecule has 0 saturated carbocycles. The molecule has 2 N–H and O–H groups in total. The third-order valence-corrected chi connectivity index (χ3v) is 5.22. The molecule has 0 unspecified atom stereocenters. The van der Waals surface area contributed by atoms with Crippen molar-refractivity contribution in [1.29, 1.82) is 5.26 Å².